The molecule has 0 amide bonds. The maximum Gasteiger partial charge on any atom is 0.356 e. The summed E-state index contributed by atoms with van der Waals surface area (Å²) in [7, 11) is 0. The van der Waals surface area contributed by atoms with Crippen LogP contribution in [0.15, 0.2) is 18.3 Å². The van der Waals surface area contributed by atoms with E-state index in [-0.39, 0.29) is 12.3 Å². The number of rotatable bonds is 5. The minimum Gasteiger partial charge on any atom is -0.476 e. The number of hydrogen-bond donors (Lipinski definition) is 2. The Balaban J connectivity index is 2.49. The molecule has 5 nitrogen and oxygen atoms in total. The molecule has 0 fully saturated rings. The number of aliphatic hydroxyl groups excluding tert-OH is 1. The van der Waals surface area contributed by atoms with Crippen LogP contribution >= 0.6 is 34.8 Å². The van der Waals surface area contributed by atoms with E-state index >= 15 is 0 Å². The number of hydrogen-bond acceptors (Lipinski definition) is 3. The first-order chi connectivity index (χ1) is 9.93. The number of aliphatic hydroxyl groups is 1. The highest BCUT2D eigenvalue weighted by Crippen LogP contribution is 2.31. The van der Waals surface area contributed by atoms with E-state index in [4.69, 9.17) is 39.9 Å². The minimum absolute atomic E-state index is 0.0300. The van der Waals surface area contributed by atoms with Crippen LogP contribution in [0.4, 0.5) is 0 Å². The second-order valence-corrected chi connectivity index (χ2v) is 5.52. The van der Waals surface area contributed by atoms with Gasteiger partial charge in [0, 0.05) is 18.4 Å². The van der Waals surface area contributed by atoms with Crippen molar-refractivity contribution in [1.29, 1.82) is 0 Å². The van der Waals surface area contributed by atoms with Crippen LogP contribution in [-0.4, -0.2) is 32.6 Å². The van der Waals surface area contributed by atoms with E-state index in [0.717, 1.165) is 0 Å². The van der Waals surface area contributed by atoms with Crippen molar-refractivity contribution in [2.45, 2.75) is 12.8 Å². The van der Waals surface area contributed by atoms with Gasteiger partial charge in [-0.2, -0.15) is 5.10 Å². The van der Waals surface area contributed by atoms with Gasteiger partial charge in [0.2, 0.25) is 0 Å². The van der Waals surface area contributed by atoms with Gasteiger partial charge in [0.1, 0.15) is 0 Å². The molecule has 0 aliphatic rings. The summed E-state index contributed by atoms with van der Waals surface area (Å²) in [6.07, 6.45) is 2.41. The van der Waals surface area contributed by atoms with E-state index in [1.807, 2.05) is 0 Å². The fourth-order valence-corrected chi connectivity index (χ4v) is 2.48. The molecule has 8 heteroatoms. The van der Waals surface area contributed by atoms with Crippen molar-refractivity contribution >= 4 is 40.8 Å². The predicted molar refractivity (Wildman–Crippen MR) is 81.0 cm³/mol. The van der Waals surface area contributed by atoms with Crippen LogP contribution in [0.5, 0.6) is 0 Å². The lowest BCUT2D eigenvalue weighted by Gasteiger charge is -2.06. The van der Waals surface area contributed by atoms with Crippen molar-refractivity contribution in [2.24, 2.45) is 0 Å². The van der Waals surface area contributed by atoms with E-state index in [9.17, 15) is 9.90 Å². The normalized spacial score (nSPS) is 10.9. The Bertz CT molecular complexity index is 686. The third-order valence-electron chi connectivity index (χ3n) is 2.83. The molecular weight excluding hydrogens is 339 g/mol. The summed E-state index contributed by atoms with van der Waals surface area (Å²) >= 11 is 17.9. The fourth-order valence-electron chi connectivity index (χ4n) is 1.85. The Hall–Kier alpha value is -1.27. The summed E-state index contributed by atoms with van der Waals surface area (Å²) in [5, 5.41) is 23.0. The van der Waals surface area contributed by atoms with Gasteiger partial charge in [0.05, 0.1) is 20.8 Å². The first kappa shape index (κ1) is 16.1. The average molecular weight is 350 g/mol. The molecule has 112 valence electrons. The van der Waals surface area contributed by atoms with Crippen molar-refractivity contribution in [3.05, 3.63) is 44.7 Å². The van der Waals surface area contributed by atoms with Crippen LogP contribution in [-0.2, 0) is 6.42 Å². The van der Waals surface area contributed by atoms with E-state index in [1.54, 1.807) is 6.20 Å². The minimum atomic E-state index is -1.14. The van der Waals surface area contributed by atoms with Gasteiger partial charge in [0.15, 0.2) is 5.69 Å². The molecule has 0 unspecified atom stereocenters. The molecule has 0 aliphatic heterocycles. The van der Waals surface area contributed by atoms with Gasteiger partial charge in [-0.3, -0.25) is 0 Å². The largest absolute Gasteiger partial charge is 0.476 e. The Kier molecular flexibility index (Phi) is 5.11. The first-order valence-electron chi connectivity index (χ1n) is 6.01. The Morgan fingerprint density at radius 1 is 1.19 bits per heavy atom. The lowest BCUT2D eigenvalue weighted by molar-refractivity contribution is 0.0688. The zero-order valence-corrected chi connectivity index (χ0v) is 13.0. The van der Waals surface area contributed by atoms with Gasteiger partial charge in [0.25, 0.3) is 0 Å². The molecule has 1 aromatic heterocycles. The maximum absolute atomic E-state index is 11.2. The van der Waals surface area contributed by atoms with Crippen LogP contribution in [0.3, 0.4) is 0 Å². The van der Waals surface area contributed by atoms with Gasteiger partial charge in [-0.25, -0.2) is 9.48 Å². The van der Waals surface area contributed by atoms with Gasteiger partial charge in [-0.1, -0.05) is 34.8 Å². The maximum atomic E-state index is 11.2. The van der Waals surface area contributed by atoms with E-state index in [1.165, 1.54) is 16.8 Å². The van der Waals surface area contributed by atoms with E-state index in [2.05, 4.69) is 5.10 Å². The third kappa shape index (κ3) is 3.49. The predicted octanol–water partition coefficient (Wildman–Crippen LogP) is 3.46. The second kappa shape index (κ2) is 6.66. The zero-order chi connectivity index (χ0) is 15.6. The SMILES string of the molecule is O=C(O)c1nn(-c2cc(Cl)c(Cl)cc2Cl)cc1CCCO. The lowest BCUT2D eigenvalue weighted by Crippen LogP contribution is -2.03. The number of benzene rings is 1. The molecule has 0 spiro atoms. The highest BCUT2D eigenvalue weighted by atomic mass is 35.5. The Morgan fingerprint density at radius 2 is 1.86 bits per heavy atom. The van der Waals surface area contributed by atoms with Crippen molar-refractivity contribution in [2.75, 3.05) is 6.61 Å². The van der Waals surface area contributed by atoms with Crippen LogP contribution in [0.25, 0.3) is 5.69 Å². The standard InChI is InChI=1S/C13H11Cl3N2O3/c14-8-4-10(16)11(5-9(8)15)18-6-7(2-1-3-19)12(17-18)13(20)21/h4-6,19H,1-3H2,(H,20,21). The molecule has 0 atom stereocenters. The molecule has 2 rings (SSSR count). The average Bonchev–Trinajstić information content (AvgIpc) is 2.84. The molecule has 0 aliphatic carbocycles. The number of aryl methyl sites for hydroxylation is 1. The van der Waals surface area contributed by atoms with E-state index in [0.29, 0.717) is 39.2 Å². The number of aromatic nitrogens is 2. The van der Waals surface area contributed by atoms with Crippen molar-refractivity contribution in [1.82, 2.24) is 9.78 Å². The number of carboxylic acids is 1. The summed E-state index contributed by atoms with van der Waals surface area (Å²) in [5.41, 5.74) is 0.869. The summed E-state index contributed by atoms with van der Waals surface area (Å²) in [5.74, 6) is -1.14. The third-order valence-corrected chi connectivity index (χ3v) is 3.86. The summed E-state index contributed by atoms with van der Waals surface area (Å²) in [6.45, 7) is -0.0300. The molecule has 2 N–H and O–H groups in total. The lowest BCUT2D eigenvalue weighted by atomic mass is 10.1. The van der Waals surface area contributed by atoms with Gasteiger partial charge in [-0.15, -0.1) is 0 Å². The molecule has 0 radical (unpaired) electrons. The van der Waals surface area contributed by atoms with Crippen molar-refractivity contribution in [3.63, 3.8) is 0 Å². The van der Waals surface area contributed by atoms with Crippen LogP contribution in [0.1, 0.15) is 22.5 Å². The second-order valence-electron chi connectivity index (χ2n) is 4.30. The summed E-state index contributed by atoms with van der Waals surface area (Å²) < 4.78 is 1.35. The number of aromatic carboxylic acids is 1. The number of halogens is 3. The smallest absolute Gasteiger partial charge is 0.356 e. The molecular formula is C13H11Cl3N2O3. The van der Waals surface area contributed by atoms with Gasteiger partial charge < -0.3 is 10.2 Å². The first-order valence-corrected chi connectivity index (χ1v) is 7.15. The fraction of sp³-hybridized carbons (Fsp3) is 0.231. The van der Waals surface area contributed by atoms with Crippen molar-refractivity contribution < 1.29 is 15.0 Å². The molecule has 21 heavy (non-hydrogen) atoms. The monoisotopic (exact) mass is 348 g/mol. The highest BCUT2D eigenvalue weighted by molar-refractivity contribution is 6.43. The topological polar surface area (TPSA) is 75.3 Å². The van der Waals surface area contributed by atoms with Gasteiger partial charge >= 0.3 is 5.97 Å². The Morgan fingerprint density at radius 3 is 2.48 bits per heavy atom. The quantitative estimate of drug-likeness (QED) is 0.811. The van der Waals surface area contributed by atoms with Crippen molar-refractivity contribution in [3.8, 4) is 5.69 Å². The molecule has 2 aromatic rings. The van der Waals surface area contributed by atoms with Crippen LogP contribution in [0, 0.1) is 0 Å². The number of nitrogens with zero attached hydrogens (tertiary/aromatic N) is 2. The molecule has 0 saturated carbocycles. The van der Waals surface area contributed by atoms with Gasteiger partial charge in [-0.05, 0) is 25.0 Å². The molecule has 0 saturated heterocycles. The molecule has 1 heterocycles. The number of carboxylic acid groups (broad SMARTS) is 1. The van der Waals surface area contributed by atoms with E-state index < -0.39 is 5.97 Å². The highest BCUT2D eigenvalue weighted by Gasteiger charge is 2.18. The summed E-state index contributed by atoms with van der Waals surface area (Å²) in [6, 6.07) is 2.98. The van der Waals surface area contributed by atoms with Crippen LogP contribution < -0.4 is 0 Å². The van der Waals surface area contributed by atoms with Crippen LogP contribution in [0.2, 0.25) is 15.1 Å². The Labute approximate surface area is 135 Å². The molecule has 1 aromatic carbocycles. The zero-order valence-electron chi connectivity index (χ0n) is 10.7. The summed E-state index contributed by atoms with van der Waals surface area (Å²) in [4.78, 5) is 11.2. The number of carbonyl (C=O) groups is 1. The molecule has 0 bridgehead atoms.